The number of aromatic nitrogens is 1. The molecule has 1 heterocycles. The van der Waals surface area contributed by atoms with Crippen LogP contribution in [-0.2, 0) is 4.74 Å². The summed E-state index contributed by atoms with van der Waals surface area (Å²) in [4.78, 5) is 15.4. The molecule has 0 aliphatic rings. The van der Waals surface area contributed by atoms with Crippen molar-refractivity contribution in [3.8, 4) is 0 Å². The molecule has 1 aromatic rings. The van der Waals surface area contributed by atoms with Crippen LogP contribution in [0, 0.1) is 12.8 Å². The number of amides is 1. The first-order chi connectivity index (χ1) is 8.47. The van der Waals surface area contributed by atoms with E-state index in [1.54, 1.807) is 12.3 Å². The predicted molar refractivity (Wildman–Crippen MR) is 74.5 cm³/mol. The standard InChI is InChI=1S/C12H17N3O2S/c1-8(2)7-17-12(16)15-11(18)14-10-5-4-9(3)6-13-10/h4-6,8H,7H2,1-3H3,(H2,13,14,15,16,18). The van der Waals surface area contributed by atoms with Crippen LogP contribution in [0.3, 0.4) is 0 Å². The third-order valence-electron chi connectivity index (χ3n) is 1.92. The molecule has 0 bridgehead atoms. The van der Waals surface area contributed by atoms with Crippen LogP contribution in [0.4, 0.5) is 10.6 Å². The SMILES string of the molecule is Cc1ccc(NC(=S)NC(=O)OCC(C)C)nc1. The van der Waals surface area contributed by atoms with Gasteiger partial charge in [-0.05, 0) is 36.7 Å². The number of nitrogens with one attached hydrogen (secondary N) is 2. The van der Waals surface area contributed by atoms with Crippen molar-refractivity contribution in [2.45, 2.75) is 20.8 Å². The summed E-state index contributed by atoms with van der Waals surface area (Å²) >= 11 is 4.96. The van der Waals surface area contributed by atoms with Crippen LogP contribution in [0.5, 0.6) is 0 Å². The lowest BCUT2D eigenvalue weighted by Crippen LogP contribution is -2.35. The molecule has 98 valence electrons. The number of carbonyl (C=O) groups excluding carboxylic acids is 1. The van der Waals surface area contributed by atoms with Gasteiger partial charge in [0.05, 0.1) is 6.61 Å². The predicted octanol–water partition coefficient (Wildman–Crippen LogP) is 2.47. The summed E-state index contributed by atoms with van der Waals surface area (Å²) in [6, 6.07) is 3.68. The Bertz CT molecular complexity index is 418. The van der Waals surface area contributed by atoms with Crippen LogP contribution < -0.4 is 10.6 Å². The second-order valence-corrected chi connectivity index (χ2v) is 4.70. The van der Waals surface area contributed by atoms with Crippen molar-refractivity contribution < 1.29 is 9.53 Å². The summed E-state index contributed by atoms with van der Waals surface area (Å²) in [5.74, 6) is 0.866. The summed E-state index contributed by atoms with van der Waals surface area (Å²) in [6.45, 7) is 6.22. The molecule has 18 heavy (non-hydrogen) atoms. The van der Waals surface area contributed by atoms with Gasteiger partial charge in [-0.15, -0.1) is 0 Å². The van der Waals surface area contributed by atoms with E-state index in [9.17, 15) is 4.79 Å². The lowest BCUT2D eigenvalue weighted by atomic mass is 10.2. The number of ether oxygens (including phenoxy) is 1. The second kappa shape index (κ2) is 6.90. The van der Waals surface area contributed by atoms with Crippen LogP contribution in [0.25, 0.3) is 0 Å². The summed E-state index contributed by atoms with van der Waals surface area (Å²) in [7, 11) is 0. The summed E-state index contributed by atoms with van der Waals surface area (Å²) in [5.41, 5.74) is 1.05. The van der Waals surface area contributed by atoms with E-state index in [0.29, 0.717) is 12.4 Å². The molecule has 1 aromatic heterocycles. The van der Waals surface area contributed by atoms with Gasteiger partial charge in [-0.3, -0.25) is 5.32 Å². The van der Waals surface area contributed by atoms with Crippen molar-refractivity contribution in [2.24, 2.45) is 5.92 Å². The van der Waals surface area contributed by atoms with Crippen molar-refractivity contribution in [1.82, 2.24) is 10.3 Å². The fourth-order valence-electron chi connectivity index (χ4n) is 1.06. The van der Waals surface area contributed by atoms with Crippen LogP contribution in [0.1, 0.15) is 19.4 Å². The zero-order chi connectivity index (χ0) is 13.5. The van der Waals surface area contributed by atoms with Gasteiger partial charge in [-0.2, -0.15) is 0 Å². The van der Waals surface area contributed by atoms with Gasteiger partial charge in [-0.1, -0.05) is 19.9 Å². The average molecular weight is 267 g/mol. The number of hydrogen-bond donors (Lipinski definition) is 2. The minimum atomic E-state index is -0.562. The lowest BCUT2D eigenvalue weighted by Gasteiger charge is -2.10. The Morgan fingerprint density at radius 3 is 2.78 bits per heavy atom. The molecule has 2 N–H and O–H groups in total. The summed E-state index contributed by atoms with van der Waals surface area (Å²) < 4.78 is 4.93. The molecule has 0 saturated carbocycles. The highest BCUT2D eigenvalue weighted by Gasteiger charge is 2.06. The van der Waals surface area contributed by atoms with E-state index < -0.39 is 6.09 Å². The number of aryl methyl sites for hydroxylation is 1. The molecule has 1 rings (SSSR count). The largest absolute Gasteiger partial charge is 0.449 e. The topological polar surface area (TPSA) is 63.2 Å². The van der Waals surface area contributed by atoms with Gasteiger partial charge in [0.15, 0.2) is 5.11 Å². The third kappa shape index (κ3) is 5.58. The Morgan fingerprint density at radius 1 is 1.50 bits per heavy atom. The Balaban J connectivity index is 2.37. The van der Waals surface area contributed by atoms with Gasteiger partial charge in [0.25, 0.3) is 0 Å². The lowest BCUT2D eigenvalue weighted by molar-refractivity contribution is 0.138. The smallest absolute Gasteiger partial charge is 0.413 e. The number of anilines is 1. The number of thiocarbonyl (C=S) groups is 1. The van der Waals surface area contributed by atoms with E-state index in [1.807, 2.05) is 26.8 Å². The van der Waals surface area contributed by atoms with Gasteiger partial charge >= 0.3 is 6.09 Å². The summed E-state index contributed by atoms with van der Waals surface area (Å²) in [6.07, 6.45) is 1.15. The van der Waals surface area contributed by atoms with Gasteiger partial charge in [0.1, 0.15) is 5.82 Å². The maximum Gasteiger partial charge on any atom is 0.413 e. The Hall–Kier alpha value is -1.69. The molecule has 0 aliphatic heterocycles. The van der Waals surface area contributed by atoms with Crippen molar-refractivity contribution in [3.63, 3.8) is 0 Å². The van der Waals surface area contributed by atoms with E-state index >= 15 is 0 Å². The second-order valence-electron chi connectivity index (χ2n) is 4.29. The van der Waals surface area contributed by atoms with Crippen molar-refractivity contribution >= 4 is 29.2 Å². The fourth-order valence-corrected chi connectivity index (χ4v) is 1.25. The molecule has 0 aromatic carbocycles. The minimum Gasteiger partial charge on any atom is -0.449 e. The zero-order valence-electron chi connectivity index (χ0n) is 10.7. The van der Waals surface area contributed by atoms with E-state index in [4.69, 9.17) is 17.0 Å². The van der Waals surface area contributed by atoms with E-state index in [0.717, 1.165) is 5.56 Å². The molecule has 0 radical (unpaired) electrons. The highest BCUT2D eigenvalue weighted by molar-refractivity contribution is 7.80. The molecule has 0 fully saturated rings. The van der Waals surface area contributed by atoms with Gasteiger partial charge in [0.2, 0.25) is 0 Å². The number of alkyl carbamates (subject to hydrolysis) is 1. The number of hydrogen-bond acceptors (Lipinski definition) is 4. The Labute approximate surface area is 112 Å². The number of pyridine rings is 1. The van der Waals surface area contributed by atoms with Gasteiger partial charge < -0.3 is 10.1 Å². The van der Waals surface area contributed by atoms with Gasteiger partial charge in [0, 0.05) is 6.20 Å². The molecule has 5 nitrogen and oxygen atoms in total. The highest BCUT2D eigenvalue weighted by Crippen LogP contribution is 2.03. The van der Waals surface area contributed by atoms with Crippen LogP contribution in [-0.4, -0.2) is 22.8 Å². The van der Waals surface area contributed by atoms with Gasteiger partial charge in [-0.25, -0.2) is 9.78 Å². The number of carbonyl (C=O) groups is 1. The maximum atomic E-state index is 11.3. The molecule has 0 unspecified atom stereocenters. The van der Waals surface area contributed by atoms with E-state index in [-0.39, 0.29) is 11.0 Å². The van der Waals surface area contributed by atoms with Crippen molar-refractivity contribution in [1.29, 1.82) is 0 Å². The molecule has 0 atom stereocenters. The van der Waals surface area contributed by atoms with E-state index in [1.165, 1.54) is 0 Å². The fraction of sp³-hybridized carbons (Fsp3) is 0.417. The number of nitrogens with zero attached hydrogens (tertiary/aromatic N) is 1. The molecule has 0 spiro atoms. The van der Waals surface area contributed by atoms with Crippen LogP contribution in [0.2, 0.25) is 0 Å². The monoisotopic (exact) mass is 267 g/mol. The average Bonchev–Trinajstić information content (AvgIpc) is 2.29. The minimum absolute atomic E-state index is 0.167. The van der Waals surface area contributed by atoms with Crippen molar-refractivity contribution in [3.05, 3.63) is 23.9 Å². The molecule has 1 amide bonds. The zero-order valence-corrected chi connectivity index (χ0v) is 11.5. The molecular formula is C12H17N3O2S. The Morgan fingerprint density at radius 2 is 2.22 bits per heavy atom. The quantitative estimate of drug-likeness (QED) is 0.824. The normalized spacial score (nSPS) is 10.0. The number of rotatable bonds is 3. The van der Waals surface area contributed by atoms with Crippen molar-refractivity contribution in [2.75, 3.05) is 11.9 Å². The summed E-state index contributed by atoms with van der Waals surface area (Å²) in [5, 5.41) is 5.38. The highest BCUT2D eigenvalue weighted by atomic mass is 32.1. The molecular weight excluding hydrogens is 250 g/mol. The maximum absolute atomic E-state index is 11.3. The molecule has 0 aliphatic carbocycles. The van der Waals surface area contributed by atoms with Crippen LogP contribution in [0.15, 0.2) is 18.3 Å². The van der Waals surface area contributed by atoms with Crippen LogP contribution >= 0.6 is 12.2 Å². The molecule has 6 heteroatoms. The third-order valence-corrected chi connectivity index (χ3v) is 2.12. The van der Waals surface area contributed by atoms with E-state index in [2.05, 4.69) is 15.6 Å². The molecule has 0 saturated heterocycles. The first-order valence-electron chi connectivity index (χ1n) is 5.65. The first-order valence-corrected chi connectivity index (χ1v) is 6.05. The first kappa shape index (κ1) is 14.4. The Kier molecular flexibility index (Phi) is 5.51.